The van der Waals surface area contributed by atoms with Gasteiger partial charge in [0.15, 0.2) is 16.1 Å². The molecule has 2 aromatic carbocycles. The summed E-state index contributed by atoms with van der Waals surface area (Å²) in [6.07, 6.45) is 0. The topological polar surface area (TPSA) is 145 Å². The Balaban J connectivity index is 1.41. The van der Waals surface area contributed by atoms with Crippen molar-refractivity contribution in [2.75, 3.05) is 11.1 Å². The van der Waals surface area contributed by atoms with E-state index in [1.165, 1.54) is 35.2 Å². The molecule has 0 aliphatic heterocycles. The van der Waals surface area contributed by atoms with Crippen molar-refractivity contribution in [3.05, 3.63) is 81.0 Å². The van der Waals surface area contributed by atoms with Gasteiger partial charge in [0, 0.05) is 35.2 Å². The third kappa shape index (κ3) is 6.90. The van der Waals surface area contributed by atoms with Crippen LogP contribution in [0, 0.1) is 23.0 Å². The van der Waals surface area contributed by atoms with Gasteiger partial charge in [-0.15, -0.1) is 21.5 Å². The number of nitro groups is 1. The van der Waals surface area contributed by atoms with E-state index in [2.05, 4.69) is 25.8 Å². The Bertz CT molecular complexity index is 1530. The Labute approximate surface area is 239 Å². The maximum absolute atomic E-state index is 13.0. The lowest BCUT2D eigenvalue weighted by molar-refractivity contribution is -0.384. The lowest BCUT2D eigenvalue weighted by atomic mass is 10.0. The molecule has 0 radical (unpaired) electrons. The number of aryl methyl sites for hydroxylation is 1. The van der Waals surface area contributed by atoms with Crippen molar-refractivity contribution in [3.8, 4) is 11.3 Å². The van der Waals surface area contributed by atoms with E-state index in [1.807, 2.05) is 50.5 Å². The maximum Gasteiger partial charge on any atom is 0.270 e. The number of hydrogen-bond acceptors (Lipinski definition) is 9. The van der Waals surface area contributed by atoms with Crippen LogP contribution < -0.4 is 10.6 Å². The smallest absolute Gasteiger partial charge is 0.270 e. The van der Waals surface area contributed by atoms with Crippen LogP contribution in [0.3, 0.4) is 0 Å². The number of benzene rings is 2. The molecule has 0 saturated carbocycles. The second kappa shape index (κ2) is 12.8. The van der Waals surface area contributed by atoms with Crippen LogP contribution in [0.25, 0.3) is 11.3 Å². The summed E-state index contributed by atoms with van der Waals surface area (Å²) >= 11 is 2.48. The third-order valence-electron chi connectivity index (χ3n) is 6.01. The monoisotopic (exact) mass is 579 g/mol. The van der Waals surface area contributed by atoms with Crippen molar-refractivity contribution in [2.45, 2.75) is 45.4 Å². The Hall–Kier alpha value is -4.10. The molecule has 4 rings (SSSR count). The zero-order chi connectivity index (χ0) is 28.8. The van der Waals surface area contributed by atoms with Crippen LogP contribution in [0.4, 0.5) is 10.8 Å². The lowest BCUT2D eigenvalue weighted by Gasteiger charge is -2.22. The van der Waals surface area contributed by atoms with Crippen LogP contribution in [-0.4, -0.2) is 42.2 Å². The summed E-state index contributed by atoms with van der Waals surface area (Å²) in [6, 6.07) is 13.2. The number of aromatic nitrogens is 4. The van der Waals surface area contributed by atoms with E-state index in [1.54, 1.807) is 23.6 Å². The van der Waals surface area contributed by atoms with E-state index in [4.69, 9.17) is 0 Å². The van der Waals surface area contributed by atoms with Crippen molar-refractivity contribution >= 4 is 45.7 Å². The first-order chi connectivity index (χ1) is 19.2. The highest BCUT2D eigenvalue weighted by Crippen LogP contribution is 2.29. The minimum Gasteiger partial charge on any atom is -0.342 e. The van der Waals surface area contributed by atoms with Gasteiger partial charge < -0.3 is 15.2 Å². The van der Waals surface area contributed by atoms with Crippen LogP contribution in [0.15, 0.2) is 59.1 Å². The molecule has 11 nitrogen and oxygen atoms in total. The molecule has 1 atom stereocenters. The van der Waals surface area contributed by atoms with Gasteiger partial charge in [0.05, 0.1) is 22.4 Å². The first-order valence-electron chi connectivity index (χ1n) is 12.6. The Morgan fingerprint density at radius 1 is 1.15 bits per heavy atom. The highest BCUT2D eigenvalue weighted by atomic mass is 32.2. The molecule has 0 saturated heterocycles. The normalized spacial score (nSPS) is 11.8. The lowest BCUT2D eigenvalue weighted by Crippen LogP contribution is -2.33. The fraction of sp³-hybridized carbons (Fsp3) is 0.296. The van der Waals surface area contributed by atoms with Crippen molar-refractivity contribution in [1.82, 2.24) is 25.1 Å². The van der Waals surface area contributed by atoms with E-state index in [0.717, 1.165) is 5.56 Å². The van der Waals surface area contributed by atoms with Crippen LogP contribution in [0.1, 0.15) is 48.6 Å². The molecule has 2 aromatic heterocycles. The van der Waals surface area contributed by atoms with Gasteiger partial charge in [0.2, 0.25) is 5.91 Å². The standard InChI is InChI=1S/C27H29N7O4S2/c1-5-33-24(23(16(2)3)30-25(36)19-10-6-8-17(4)12-19)31-32-27(33)40-15-22(35)29-26-28-21(14-39-26)18-9-7-11-20(13-18)34(37)38/h6-14,16,23H,5,15H2,1-4H3,(H,30,36)(H,28,29,35)/t23-/m1/s1. The third-order valence-corrected chi connectivity index (χ3v) is 7.73. The van der Waals surface area contributed by atoms with E-state index in [9.17, 15) is 19.7 Å². The number of nitrogens with zero attached hydrogens (tertiary/aromatic N) is 5. The average molecular weight is 580 g/mol. The number of non-ortho nitro benzene ring substituents is 1. The number of thiazole rings is 1. The second-order valence-corrected chi connectivity index (χ2v) is 11.1. The highest BCUT2D eigenvalue weighted by Gasteiger charge is 2.26. The fourth-order valence-electron chi connectivity index (χ4n) is 4.00. The van der Waals surface area contributed by atoms with Gasteiger partial charge in [-0.3, -0.25) is 19.7 Å². The first kappa shape index (κ1) is 28.9. The van der Waals surface area contributed by atoms with Gasteiger partial charge >= 0.3 is 0 Å². The summed E-state index contributed by atoms with van der Waals surface area (Å²) in [6.45, 7) is 8.48. The molecule has 208 valence electrons. The number of carbonyl (C=O) groups is 2. The van der Waals surface area contributed by atoms with Crippen LogP contribution in [-0.2, 0) is 11.3 Å². The molecule has 4 aromatic rings. The van der Waals surface area contributed by atoms with Gasteiger partial charge in [-0.2, -0.15) is 0 Å². The van der Waals surface area contributed by atoms with Crippen LogP contribution >= 0.6 is 23.1 Å². The van der Waals surface area contributed by atoms with Crippen molar-refractivity contribution in [3.63, 3.8) is 0 Å². The molecule has 2 heterocycles. The number of thioether (sulfide) groups is 1. The molecular weight excluding hydrogens is 550 g/mol. The highest BCUT2D eigenvalue weighted by molar-refractivity contribution is 7.99. The molecule has 40 heavy (non-hydrogen) atoms. The molecular formula is C27H29N7O4S2. The van der Waals surface area contributed by atoms with Gasteiger partial charge in [-0.1, -0.05) is 55.4 Å². The Morgan fingerprint density at radius 2 is 1.93 bits per heavy atom. The number of nitro benzene ring substituents is 1. The number of amides is 2. The van der Waals surface area contributed by atoms with Gasteiger partial charge in [0.25, 0.3) is 11.6 Å². The van der Waals surface area contributed by atoms with Crippen molar-refractivity contribution < 1.29 is 14.5 Å². The predicted octanol–water partition coefficient (Wildman–Crippen LogP) is 5.50. The second-order valence-electron chi connectivity index (χ2n) is 9.33. The number of rotatable bonds is 11. The first-order valence-corrected chi connectivity index (χ1v) is 14.5. The Morgan fingerprint density at radius 3 is 2.62 bits per heavy atom. The number of anilines is 1. The van der Waals surface area contributed by atoms with Crippen LogP contribution in [0.2, 0.25) is 0 Å². The summed E-state index contributed by atoms with van der Waals surface area (Å²) < 4.78 is 1.91. The zero-order valence-corrected chi connectivity index (χ0v) is 24.1. The summed E-state index contributed by atoms with van der Waals surface area (Å²) in [5.74, 6) is 0.295. The SMILES string of the molecule is CCn1c(SCC(=O)Nc2nc(-c3cccc([N+](=O)[O-])c3)cs2)nnc1[C@H](NC(=O)c1cccc(C)c1)C(C)C. The summed E-state index contributed by atoms with van der Waals surface area (Å²) in [7, 11) is 0. The maximum atomic E-state index is 13.0. The van der Waals surface area contributed by atoms with Gasteiger partial charge in [-0.05, 0) is 31.9 Å². The summed E-state index contributed by atoms with van der Waals surface area (Å²) in [5, 5.41) is 28.3. The quantitative estimate of drug-likeness (QED) is 0.135. The average Bonchev–Trinajstić information content (AvgIpc) is 3.57. The van der Waals surface area contributed by atoms with E-state index < -0.39 is 4.92 Å². The Kier molecular flexibility index (Phi) is 9.27. The van der Waals surface area contributed by atoms with Crippen molar-refractivity contribution in [1.29, 1.82) is 0 Å². The van der Waals surface area contributed by atoms with Crippen molar-refractivity contribution in [2.24, 2.45) is 5.92 Å². The number of carbonyl (C=O) groups excluding carboxylic acids is 2. The van der Waals surface area contributed by atoms with Crippen LogP contribution in [0.5, 0.6) is 0 Å². The molecule has 0 spiro atoms. The molecule has 2 N–H and O–H groups in total. The zero-order valence-electron chi connectivity index (χ0n) is 22.5. The molecule has 0 aliphatic rings. The minimum atomic E-state index is -0.461. The fourth-order valence-corrected chi connectivity index (χ4v) is 5.55. The molecule has 2 amide bonds. The largest absolute Gasteiger partial charge is 0.342 e. The molecule has 13 heteroatoms. The molecule has 0 bridgehead atoms. The van der Waals surface area contributed by atoms with Gasteiger partial charge in [-0.25, -0.2) is 4.98 Å². The van der Waals surface area contributed by atoms with E-state index >= 15 is 0 Å². The molecule has 0 aliphatic carbocycles. The van der Waals surface area contributed by atoms with E-state index in [0.29, 0.717) is 39.5 Å². The summed E-state index contributed by atoms with van der Waals surface area (Å²) in [4.78, 5) is 40.6. The van der Waals surface area contributed by atoms with E-state index in [-0.39, 0.29) is 35.2 Å². The molecule has 0 unspecified atom stereocenters. The molecule has 0 fully saturated rings. The number of hydrogen-bond donors (Lipinski definition) is 2. The van der Waals surface area contributed by atoms with Gasteiger partial charge in [0.1, 0.15) is 0 Å². The number of nitrogens with one attached hydrogen (secondary N) is 2. The minimum absolute atomic E-state index is 0.0266. The predicted molar refractivity (Wildman–Crippen MR) is 155 cm³/mol. The summed E-state index contributed by atoms with van der Waals surface area (Å²) in [5.41, 5.74) is 2.69.